The summed E-state index contributed by atoms with van der Waals surface area (Å²) < 4.78 is 4.74. The number of aromatic nitrogens is 3. The first-order valence-corrected chi connectivity index (χ1v) is 6.70. The lowest BCUT2D eigenvalue weighted by molar-refractivity contribution is 0.0594. The van der Waals surface area contributed by atoms with Crippen LogP contribution in [0.15, 0.2) is 61.2 Å². The summed E-state index contributed by atoms with van der Waals surface area (Å²) in [6, 6.07) is 11.0. The number of carbonyl (C=O) groups excluding carboxylic acids is 1. The Morgan fingerprint density at radius 1 is 0.955 bits per heavy atom. The molecule has 0 saturated heterocycles. The van der Waals surface area contributed by atoms with Gasteiger partial charge < -0.3 is 4.74 Å². The number of hydrogen-bond acceptors (Lipinski definition) is 5. The fourth-order valence-corrected chi connectivity index (χ4v) is 2.16. The van der Waals surface area contributed by atoms with Gasteiger partial charge in [0.05, 0.1) is 12.8 Å². The van der Waals surface area contributed by atoms with Crippen LogP contribution >= 0.6 is 0 Å². The predicted octanol–water partition coefficient (Wildman–Crippen LogP) is 2.99. The van der Waals surface area contributed by atoms with Gasteiger partial charge in [0, 0.05) is 41.5 Å². The molecular weight excluding hydrogens is 278 g/mol. The molecule has 0 aliphatic carbocycles. The van der Waals surface area contributed by atoms with Gasteiger partial charge in [0.1, 0.15) is 5.69 Å². The molecule has 0 aromatic carbocycles. The zero-order valence-electron chi connectivity index (χ0n) is 11.9. The maximum Gasteiger partial charge on any atom is 0.356 e. The van der Waals surface area contributed by atoms with E-state index in [0.717, 1.165) is 16.7 Å². The largest absolute Gasteiger partial charge is 0.464 e. The van der Waals surface area contributed by atoms with E-state index in [-0.39, 0.29) is 5.69 Å². The number of methoxy groups -OCH3 is 1. The Labute approximate surface area is 127 Å². The summed E-state index contributed by atoms with van der Waals surface area (Å²) in [6.07, 6.45) is 6.87. The molecule has 5 nitrogen and oxygen atoms in total. The third kappa shape index (κ3) is 2.69. The summed E-state index contributed by atoms with van der Waals surface area (Å²) in [4.78, 5) is 24.4. The maximum absolute atomic E-state index is 11.7. The Morgan fingerprint density at radius 2 is 1.64 bits per heavy atom. The molecule has 0 aliphatic heterocycles. The summed E-state index contributed by atoms with van der Waals surface area (Å²) in [6.45, 7) is 0. The SMILES string of the molecule is COC(=O)c1ccc(-c2cccnc2)c(-c2cccnc2)n1. The summed E-state index contributed by atoms with van der Waals surface area (Å²) in [7, 11) is 1.34. The summed E-state index contributed by atoms with van der Waals surface area (Å²) in [5, 5.41) is 0. The van der Waals surface area contributed by atoms with Crippen LogP contribution in [0.25, 0.3) is 22.4 Å². The number of pyridine rings is 3. The van der Waals surface area contributed by atoms with Crippen LogP contribution < -0.4 is 0 Å². The first-order valence-electron chi connectivity index (χ1n) is 6.70. The van der Waals surface area contributed by atoms with E-state index < -0.39 is 5.97 Å². The molecule has 0 radical (unpaired) electrons. The van der Waals surface area contributed by atoms with E-state index in [1.165, 1.54) is 7.11 Å². The molecule has 0 spiro atoms. The normalized spacial score (nSPS) is 10.2. The lowest BCUT2D eigenvalue weighted by Crippen LogP contribution is -2.05. The van der Waals surface area contributed by atoms with E-state index in [1.807, 2.05) is 30.3 Å². The lowest BCUT2D eigenvalue weighted by atomic mass is 10.0. The molecule has 108 valence electrons. The molecule has 0 amide bonds. The van der Waals surface area contributed by atoms with Crippen molar-refractivity contribution in [2.75, 3.05) is 7.11 Å². The molecule has 0 N–H and O–H groups in total. The fourth-order valence-electron chi connectivity index (χ4n) is 2.16. The highest BCUT2D eigenvalue weighted by Crippen LogP contribution is 2.30. The van der Waals surface area contributed by atoms with Crippen molar-refractivity contribution in [2.24, 2.45) is 0 Å². The van der Waals surface area contributed by atoms with E-state index in [1.54, 1.807) is 30.9 Å². The number of carbonyl (C=O) groups is 1. The molecule has 5 heteroatoms. The van der Waals surface area contributed by atoms with Crippen LogP contribution in [0.4, 0.5) is 0 Å². The van der Waals surface area contributed by atoms with Crippen molar-refractivity contribution < 1.29 is 9.53 Å². The Kier molecular flexibility index (Phi) is 3.87. The predicted molar refractivity (Wildman–Crippen MR) is 82.0 cm³/mol. The van der Waals surface area contributed by atoms with Gasteiger partial charge in [-0.05, 0) is 30.3 Å². The molecule has 0 aliphatic rings. The second-order valence-corrected chi connectivity index (χ2v) is 4.57. The smallest absolute Gasteiger partial charge is 0.356 e. The van der Waals surface area contributed by atoms with Gasteiger partial charge >= 0.3 is 5.97 Å². The molecular formula is C17H13N3O2. The van der Waals surface area contributed by atoms with Crippen molar-refractivity contribution in [2.45, 2.75) is 0 Å². The Bertz CT molecular complexity index is 790. The average molecular weight is 291 g/mol. The number of nitrogens with zero attached hydrogens (tertiary/aromatic N) is 3. The van der Waals surface area contributed by atoms with Gasteiger partial charge in [-0.1, -0.05) is 6.07 Å². The lowest BCUT2D eigenvalue weighted by Gasteiger charge is -2.10. The average Bonchev–Trinajstić information content (AvgIpc) is 2.62. The van der Waals surface area contributed by atoms with Gasteiger partial charge in [-0.3, -0.25) is 9.97 Å². The van der Waals surface area contributed by atoms with Crippen molar-refractivity contribution in [3.8, 4) is 22.4 Å². The quantitative estimate of drug-likeness (QED) is 0.694. The monoisotopic (exact) mass is 291 g/mol. The van der Waals surface area contributed by atoms with E-state index in [4.69, 9.17) is 4.74 Å². The maximum atomic E-state index is 11.7. The van der Waals surface area contributed by atoms with E-state index in [2.05, 4.69) is 15.0 Å². The molecule has 3 rings (SSSR count). The highest BCUT2D eigenvalue weighted by molar-refractivity contribution is 5.90. The molecule has 22 heavy (non-hydrogen) atoms. The van der Waals surface area contributed by atoms with E-state index >= 15 is 0 Å². The molecule has 0 unspecified atom stereocenters. The van der Waals surface area contributed by atoms with Crippen LogP contribution in [0.1, 0.15) is 10.5 Å². The summed E-state index contributed by atoms with van der Waals surface area (Å²) in [5.74, 6) is -0.470. The fraction of sp³-hybridized carbons (Fsp3) is 0.0588. The van der Waals surface area contributed by atoms with Gasteiger partial charge in [-0.25, -0.2) is 9.78 Å². The van der Waals surface area contributed by atoms with Crippen molar-refractivity contribution >= 4 is 5.97 Å². The minimum absolute atomic E-state index is 0.258. The highest BCUT2D eigenvalue weighted by Gasteiger charge is 2.14. The zero-order valence-corrected chi connectivity index (χ0v) is 11.9. The number of esters is 1. The molecule has 0 bridgehead atoms. The third-order valence-electron chi connectivity index (χ3n) is 3.20. The number of rotatable bonds is 3. The Morgan fingerprint density at radius 3 is 2.23 bits per heavy atom. The van der Waals surface area contributed by atoms with Gasteiger partial charge in [-0.15, -0.1) is 0 Å². The van der Waals surface area contributed by atoms with Crippen molar-refractivity contribution in [3.63, 3.8) is 0 Å². The second-order valence-electron chi connectivity index (χ2n) is 4.57. The minimum Gasteiger partial charge on any atom is -0.464 e. The van der Waals surface area contributed by atoms with E-state index in [0.29, 0.717) is 5.69 Å². The molecule has 0 atom stereocenters. The standard InChI is InChI=1S/C17H13N3O2/c1-22-17(21)15-7-6-14(12-4-2-8-18-10-12)16(20-15)13-5-3-9-19-11-13/h2-11H,1H3. The Hall–Kier alpha value is -3.08. The molecule has 3 aromatic rings. The first kappa shape index (κ1) is 13.9. The van der Waals surface area contributed by atoms with Crippen molar-refractivity contribution in [1.82, 2.24) is 15.0 Å². The van der Waals surface area contributed by atoms with Crippen molar-refractivity contribution in [1.29, 1.82) is 0 Å². The van der Waals surface area contributed by atoms with Crippen LogP contribution in [-0.4, -0.2) is 28.0 Å². The van der Waals surface area contributed by atoms with Crippen LogP contribution in [0.2, 0.25) is 0 Å². The van der Waals surface area contributed by atoms with Crippen molar-refractivity contribution in [3.05, 3.63) is 66.9 Å². The van der Waals surface area contributed by atoms with Gasteiger partial charge in [0.25, 0.3) is 0 Å². The van der Waals surface area contributed by atoms with Gasteiger partial charge in [-0.2, -0.15) is 0 Å². The Balaban J connectivity index is 2.20. The topological polar surface area (TPSA) is 65.0 Å². The first-order chi connectivity index (χ1) is 10.8. The summed E-state index contributed by atoms with van der Waals surface area (Å²) in [5.41, 5.74) is 3.56. The molecule has 0 fully saturated rings. The number of hydrogen-bond donors (Lipinski definition) is 0. The number of ether oxygens (including phenoxy) is 1. The van der Waals surface area contributed by atoms with Gasteiger partial charge in [0.15, 0.2) is 0 Å². The minimum atomic E-state index is -0.470. The van der Waals surface area contributed by atoms with Crippen LogP contribution in [0.5, 0.6) is 0 Å². The van der Waals surface area contributed by atoms with Crippen LogP contribution in [0, 0.1) is 0 Å². The van der Waals surface area contributed by atoms with Crippen LogP contribution in [-0.2, 0) is 4.74 Å². The van der Waals surface area contributed by atoms with E-state index in [9.17, 15) is 4.79 Å². The van der Waals surface area contributed by atoms with Crippen LogP contribution in [0.3, 0.4) is 0 Å². The third-order valence-corrected chi connectivity index (χ3v) is 3.20. The van der Waals surface area contributed by atoms with Gasteiger partial charge in [0.2, 0.25) is 0 Å². The zero-order chi connectivity index (χ0) is 15.4. The summed E-state index contributed by atoms with van der Waals surface area (Å²) >= 11 is 0. The highest BCUT2D eigenvalue weighted by atomic mass is 16.5. The molecule has 0 saturated carbocycles. The molecule has 3 aromatic heterocycles. The molecule has 3 heterocycles. The second kappa shape index (κ2) is 6.13.